The third-order valence-corrected chi connectivity index (χ3v) is 6.94. The Labute approximate surface area is 183 Å². The molecular formula is C25H30BrN2O. The number of rotatable bonds is 4. The Balaban J connectivity index is 1.54. The normalized spacial score (nSPS) is 20.5. The zero-order chi connectivity index (χ0) is 20.4. The van der Waals surface area contributed by atoms with Crippen molar-refractivity contribution >= 4 is 27.5 Å². The van der Waals surface area contributed by atoms with E-state index in [-0.39, 0.29) is 5.91 Å². The highest BCUT2D eigenvalue weighted by atomic mass is 79.9. The first-order valence-corrected chi connectivity index (χ1v) is 11.5. The summed E-state index contributed by atoms with van der Waals surface area (Å²) in [6.45, 7) is 6.68. The van der Waals surface area contributed by atoms with Crippen molar-refractivity contribution in [1.29, 1.82) is 0 Å². The molecule has 2 saturated heterocycles. The Morgan fingerprint density at radius 1 is 0.897 bits per heavy atom. The minimum atomic E-state index is 0.217. The molecule has 0 N–H and O–H groups in total. The van der Waals surface area contributed by atoms with Crippen LogP contribution in [0.4, 0.5) is 5.69 Å². The average molecular weight is 454 g/mol. The maximum atomic E-state index is 12.3. The summed E-state index contributed by atoms with van der Waals surface area (Å²) in [5.41, 5.74) is 4.28. The summed E-state index contributed by atoms with van der Waals surface area (Å²) in [6, 6.07) is 18.2. The van der Waals surface area contributed by atoms with Crippen molar-refractivity contribution < 1.29 is 4.79 Å². The Hall–Kier alpha value is -1.81. The van der Waals surface area contributed by atoms with Gasteiger partial charge < -0.3 is 9.80 Å². The highest BCUT2D eigenvalue weighted by Gasteiger charge is 2.31. The Kier molecular flexibility index (Phi) is 6.29. The second-order valence-electron chi connectivity index (χ2n) is 8.52. The lowest BCUT2D eigenvalue weighted by Gasteiger charge is -2.35. The van der Waals surface area contributed by atoms with Crippen LogP contribution in [0.5, 0.6) is 0 Å². The fraction of sp³-hybridized carbons (Fsp3) is 0.440. The first kappa shape index (κ1) is 20.5. The summed E-state index contributed by atoms with van der Waals surface area (Å²) in [7, 11) is 0. The molecule has 0 saturated carbocycles. The van der Waals surface area contributed by atoms with E-state index in [1.807, 2.05) is 18.7 Å². The smallest absolute Gasteiger partial charge is 0.229 e. The van der Waals surface area contributed by atoms with Gasteiger partial charge in [-0.05, 0) is 80.8 Å². The fourth-order valence-electron chi connectivity index (χ4n) is 4.93. The SMILES string of the molecule is C[C](C)C(=O)N1CCC(c2ccccc2[C@H]2CCCN2c2ccc(Br)cc2)CC1. The minimum absolute atomic E-state index is 0.217. The van der Waals surface area contributed by atoms with E-state index in [1.165, 1.54) is 29.7 Å². The van der Waals surface area contributed by atoms with Gasteiger partial charge in [-0.3, -0.25) is 4.79 Å². The number of carbonyl (C=O) groups is 1. The van der Waals surface area contributed by atoms with Crippen molar-refractivity contribution in [3.8, 4) is 0 Å². The molecule has 0 aliphatic carbocycles. The molecule has 0 spiro atoms. The maximum Gasteiger partial charge on any atom is 0.229 e. The van der Waals surface area contributed by atoms with Crippen molar-refractivity contribution in [3.63, 3.8) is 0 Å². The zero-order valence-electron chi connectivity index (χ0n) is 17.4. The number of anilines is 1. The number of halogens is 1. The lowest BCUT2D eigenvalue weighted by atomic mass is 9.83. The van der Waals surface area contributed by atoms with Gasteiger partial charge in [0.1, 0.15) is 0 Å². The first-order valence-electron chi connectivity index (χ1n) is 10.7. The van der Waals surface area contributed by atoms with Gasteiger partial charge in [-0.2, -0.15) is 0 Å². The highest BCUT2D eigenvalue weighted by Crippen LogP contribution is 2.41. The zero-order valence-corrected chi connectivity index (χ0v) is 19.0. The quantitative estimate of drug-likeness (QED) is 0.557. The maximum absolute atomic E-state index is 12.3. The lowest BCUT2D eigenvalue weighted by Crippen LogP contribution is -2.39. The van der Waals surface area contributed by atoms with Crippen LogP contribution in [0.25, 0.3) is 0 Å². The summed E-state index contributed by atoms with van der Waals surface area (Å²) < 4.78 is 1.12. The van der Waals surface area contributed by atoms with Gasteiger partial charge in [0.25, 0.3) is 0 Å². The number of hydrogen-bond donors (Lipinski definition) is 0. The molecule has 3 nitrogen and oxygen atoms in total. The Morgan fingerprint density at radius 3 is 2.21 bits per heavy atom. The van der Waals surface area contributed by atoms with Gasteiger partial charge in [0, 0.05) is 29.8 Å². The summed E-state index contributed by atoms with van der Waals surface area (Å²) in [5.74, 6) is 1.65. The monoisotopic (exact) mass is 453 g/mol. The average Bonchev–Trinajstić information content (AvgIpc) is 3.23. The van der Waals surface area contributed by atoms with Crippen LogP contribution in [0, 0.1) is 5.92 Å². The van der Waals surface area contributed by atoms with Crippen molar-refractivity contribution in [1.82, 2.24) is 4.90 Å². The van der Waals surface area contributed by atoms with Crippen LogP contribution in [-0.4, -0.2) is 30.4 Å². The van der Waals surface area contributed by atoms with E-state index in [2.05, 4.69) is 69.4 Å². The van der Waals surface area contributed by atoms with Gasteiger partial charge in [-0.25, -0.2) is 0 Å². The summed E-state index contributed by atoms with van der Waals surface area (Å²) in [6.07, 6.45) is 4.55. The molecule has 1 amide bonds. The van der Waals surface area contributed by atoms with E-state index in [0.29, 0.717) is 12.0 Å². The molecule has 2 aliphatic heterocycles. The Morgan fingerprint density at radius 2 is 1.55 bits per heavy atom. The number of carbonyl (C=O) groups excluding carboxylic acids is 1. The topological polar surface area (TPSA) is 23.6 Å². The van der Waals surface area contributed by atoms with Gasteiger partial charge in [-0.15, -0.1) is 0 Å². The second-order valence-corrected chi connectivity index (χ2v) is 9.44. The van der Waals surface area contributed by atoms with E-state index in [1.54, 1.807) is 0 Å². The number of benzene rings is 2. The molecule has 2 heterocycles. The van der Waals surface area contributed by atoms with E-state index in [9.17, 15) is 4.79 Å². The molecule has 2 fully saturated rings. The van der Waals surface area contributed by atoms with Crippen LogP contribution in [-0.2, 0) is 4.79 Å². The highest BCUT2D eigenvalue weighted by molar-refractivity contribution is 9.10. The molecule has 4 heteroatoms. The van der Waals surface area contributed by atoms with Crippen LogP contribution in [0.3, 0.4) is 0 Å². The second kappa shape index (κ2) is 8.91. The van der Waals surface area contributed by atoms with Crippen molar-refractivity contribution in [3.05, 3.63) is 70.0 Å². The largest absolute Gasteiger partial charge is 0.364 e. The van der Waals surface area contributed by atoms with Gasteiger partial charge in [0.15, 0.2) is 0 Å². The van der Waals surface area contributed by atoms with Crippen LogP contribution >= 0.6 is 15.9 Å². The van der Waals surface area contributed by atoms with Gasteiger partial charge in [-0.1, -0.05) is 40.2 Å². The number of piperidine rings is 1. The van der Waals surface area contributed by atoms with E-state index in [0.717, 1.165) is 42.9 Å². The van der Waals surface area contributed by atoms with E-state index >= 15 is 0 Å². The Bertz CT molecular complexity index is 840. The predicted octanol–water partition coefficient (Wildman–Crippen LogP) is 6.11. The molecule has 2 aliphatic rings. The molecule has 0 bridgehead atoms. The summed E-state index contributed by atoms with van der Waals surface area (Å²) in [4.78, 5) is 16.9. The molecule has 0 aromatic heterocycles. The third-order valence-electron chi connectivity index (χ3n) is 6.42. The first-order chi connectivity index (χ1) is 14.0. The fourth-order valence-corrected chi connectivity index (χ4v) is 5.19. The standard InChI is InChI=1S/C25H30BrN2O/c1-18(2)25(29)27-16-13-19(14-17-27)22-6-3-4-7-23(22)24-8-5-15-28(24)21-11-9-20(26)10-12-21/h3-4,6-7,9-12,19,24H,5,8,13-17H2,1-2H3/t24-/m1/s1. The molecule has 2 aromatic rings. The molecule has 29 heavy (non-hydrogen) atoms. The summed E-state index contributed by atoms with van der Waals surface area (Å²) in [5, 5.41) is 0. The van der Waals surface area contributed by atoms with Gasteiger partial charge >= 0.3 is 0 Å². The molecule has 153 valence electrons. The predicted molar refractivity (Wildman–Crippen MR) is 123 cm³/mol. The van der Waals surface area contributed by atoms with Crippen LogP contribution in [0.1, 0.15) is 62.6 Å². The number of nitrogens with zero attached hydrogens (tertiary/aromatic N) is 2. The van der Waals surface area contributed by atoms with Gasteiger partial charge in [0.05, 0.1) is 12.0 Å². The van der Waals surface area contributed by atoms with Crippen molar-refractivity contribution in [2.24, 2.45) is 0 Å². The molecule has 4 rings (SSSR count). The van der Waals surface area contributed by atoms with E-state index < -0.39 is 0 Å². The minimum Gasteiger partial charge on any atom is -0.364 e. The van der Waals surface area contributed by atoms with Crippen LogP contribution in [0.2, 0.25) is 0 Å². The number of amides is 1. The summed E-state index contributed by atoms with van der Waals surface area (Å²) >= 11 is 3.55. The molecule has 1 atom stereocenters. The number of likely N-dealkylation sites (tertiary alicyclic amines) is 1. The number of hydrogen-bond acceptors (Lipinski definition) is 2. The van der Waals surface area contributed by atoms with E-state index in [4.69, 9.17) is 0 Å². The van der Waals surface area contributed by atoms with Crippen LogP contribution in [0.15, 0.2) is 53.0 Å². The molecular weight excluding hydrogens is 424 g/mol. The van der Waals surface area contributed by atoms with Gasteiger partial charge in [0.2, 0.25) is 5.91 Å². The molecule has 0 unspecified atom stereocenters. The molecule has 2 aromatic carbocycles. The lowest BCUT2D eigenvalue weighted by molar-refractivity contribution is -0.130. The molecule has 1 radical (unpaired) electrons. The van der Waals surface area contributed by atoms with Crippen LogP contribution < -0.4 is 4.90 Å². The van der Waals surface area contributed by atoms with Crippen molar-refractivity contribution in [2.75, 3.05) is 24.5 Å². The van der Waals surface area contributed by atoms with Crippen molar-refractivity contribution in [2.45, 2.75) is 51.5 Å². The third kappa shape index (κ3) is 4.37.